The third kappa shape index (κ3) is 3.48. The zero-order valence-electron chi connectivity index (χ0n) is 16.3. The molecule has 2 aromatic rings. The zero-order valence-corrected chi connectivity index (χ0v) is 16.3. The fraction of sp³-hybridized carbons (Fsp3) is 0.476. The van der Waals surface area contributed by atoms with E-state index in [4.69, 9.17) is 0 Å². The number of carbonyl (C=O) groups excluding carboxylic acids is 2. The van der Waals surface area contributed by atoms with E-state index in [0.717, 1.165) is 31.4 Å². The van der Waals surface area contributed by atoms with Gasteiger partial charge < -0.3 is 5.32 Å². The van der Waals surface area contributed by atoms with Crippen molar-refractivity contribution < 1.29 is 9.59 Å². The van der Waals surface area contributed by atoms with Crippen molar-refractivity contribution in [1.82, 2.24) is 20.3 Å². The molecule has 0 bridgehead atoms. The predicted octanol–water partition coefficient (Wildman–Crippen LogP) is 2.58. The molecule has 1 saturated carbocycles. The van der Waals surface area contributed by atoms with Gasteiger partial charge in [0.25, 0.3) is 5.91 Å². The van der Waals surface area contributed by atoms with E-state index in [1.54, 1.807) is 23.2 Å². The fourth-order valence-corrected chi connectivity index (χ4v) is 4.47. The van der Waals surface area contributed by atoms with Gasteiger partial charge in [0.05, 0.1) is 5.41 Å². The molecular formula is C21H25N5O2. The molecule has 2 atom stereocenters. The lowest BCUT2D eigenvalue weighted by molar-refractivity contribution is -0.127. The van der Waals surface area contributed by atoms with Gasteiger partial charge in [0, 0.05) is 24.5 Å². The number of carbonyl (C=O) groups is 2. The van der Waals surface area contributed by atoms with E-state index in [0.29, 0.717) is 30.3 Å². The van der Waals surface area contributed by atoms with Crippen LogP contribution in [0.4, 0.5) is 5.82 Å². The Morgan fingerprint density at radius 3 is 2.86 bits per heavy atom. The minimum absolute atomic E-state index is 0.0143. The number of hydrogen-bond acceptors (Lipinski definition) is 5. The van der Waals surface area contributed by atoms with Crippen LogP contribution in [0, 0.1) is 19.3 Å². The molecule has 1 N–H and O–H groups in total. The van der Waals surface area contributed by atoms with Crippen LogP contribution in [0.2, 0.25) is 0 Å². The first-order valence-corrected chi connectivity index (χ1v) is 9.83. The van der Waals surface area contributed by atoms with Crippen LogP contribution >= 0.6 is 0 Å². The molecule has 2 aliphatic rings. The number of rotatable bonds is 3. The summed E-state index contributed by atoms with van der Waals surface area (Å²) in [5, 5.41) is 3.10. The smallest absolute Gasteiger partial charge is 0.270 e. The third-order valence-corrected chi connectivity index (χ3v) is 5.85. The molecule has 7 nitrogen and oxygen atoms in total. The molecule has 1 saturated heterocycles. The van der Waals surface area contributed by atoms with E-state index >= 15 is 0 Å². The van der Waals surface area contributed by atoms with Crippen LogP contribution in [0.5, 0.6) is 0 Å². The van der Waals surface area contributed by atoms with E-state index in [1.165, 1.54) is 0 Å². The van der Waals surface area contributed by atoms with Gasteiger partial charge in [0.1, 0.15) is 17.3 Å². The predicted molar refractivity (Wildman–Crippen MR) is 105 cm³/mol. The number of aromatic nitrogens is 3. The second-order valence-corrected chi connectivity index (χ2v) is 7.88. The monoisotopic (exact) mass is 379 g/mol. The lowest BCUT2D eigenvalue weighted by Crippen LogP contribution is -2.46. The molecule has 2 amide bonds. The summed E-state index contributed by atoms with van der Waals surface area (Å²) in [7, 11) is 0. The molecule has 28 heavy (non-hydrogen) atoms. The standard InChI is InChI=1S/C21H25N5O2/c1-14-5-3-7-17(23-14)19(27)25-16-6-4-9-21(13-16)10-12-26(20(21)28)18-8-11-22-15(2)24-18/h3,5,7-8,11,16H,4,6,9-10,12-13H2,1-2H3,(H,25,27)/t16-,21-/m0/s1. The molecule has 2 fully saturated rings. The van der Waals surface area contributed by atoms with E-state index in [9.17, 15) is 9.59 Å². The van der Waals surface area contributed by atoms with Gasteiger partial charge in [0.2, 0.25) is 5.91 Å². The number of pyridine rings is 1. The number of aryl methyl sites for hydroxylation is 2. The van der Waals surface area contributed by atoms with E-state index in [2.05, 4.69) is 20.3 Å². The highest BCUT2D eigenvalue weighted by Crippen LogP contribution is 2.45. The van der Waals surface area contributed by atoms with Crippen LogP contribution < -0.4 is 10.2 Å². The van der Waals surface area contributed by atoms with Crippen molar-refractivity contribution in [2.45, 2.75) is 52.0 Å². The molecule has 7 heteroatoms. The van der Waals surface area contributed by atoms with Gasteiger partial charge in [-0.15, -0.1) is 0 Å². The van der Waals surface area contributed by atoms with Gasteiger partial charge in [-0.2, -0.15) is 0 Å². The minimum Gasteiger partial charge on any atom is -0.348 e. The molecule has 4 rings (SSSR count). The Hall–Kier alpha value is -2.83. The van der Waals surface area contributed by atoms with Crippen molar-refractivity contribution in [2.24, 2.45) is 5.41 Å². The average molecular weight is 379 g/mol. The maximum Gasteiger partial charge on any atom is 0.270 e. The summed E-state index contributed by atoms with van der Waals surface area (Å²) in [6, 6.07) is 7.20. The Bertz CT molecular complexity index is 915. The van der Waals surface area contributed by atoms with E-state index in [1.807, 2.05) is 26.0 Å². The summed E-state index contributed by atoms with van der Waals surface area (Å²) < 4.78 is 0. The summed E-state index contributed by atoms with van der Waals surface area (Å²) in [4.78, 5) is 40.5. The fourth-order valence-electron chi connectivity index (χ4n) is 4.47. The van der Waals surface area contributed by atoms with Crippen LogP contribution in [0.3, 0.4) is 0 Å². The topological polar surface area (TPSA) is 88.1 Å². The van der Waals surface area contributed by atoms with Crippen LogP contribution in [0.25, 0.3) is 0 Å². The molecule has 1 aliphatic heterocycles. The molecule has 1 spiro atoms. The van der Waals surface area contributed by atoms with Crippen molar-refractivity contribution in [2.75, 3.05) is 11.4 Å². The molecule has 2 aromatic heterocycles. The summed E-state index contributed by atoms with van der Waals surface area (Å²) in [5.41, 5.74) is 0.833. The highest BCUT2D eigenvalue weighted by molar-refractivity contribution is 5.99. The van der Waals surface area contributed by atoms with Gasteiger partial charge in [-0.05, 0) is 57.7 Å². The largest absolute Gasteiger partial charge is 0.348 e. The Morgan fingerprint density at radius 1 is 1.21 bits per heavy atom. The minimum atomic E-state index is -0.408. The number of hydrogen-bond donors (Lipinski definition) is 1. The molecule has 146 valence electrons. The Labute approximate surface area is 164 Å². The van der Waals surface area contributed by atoms with Gasteiger partial charge in [0.15, 0.2) is 0 Å². The molecule has 0 aromatic carbocycles. The Kier molecular flexibility index (Phi) is 4.83. The average Bonchev–Trinajstić information content (AvgIpc) is 2.97. The number of anilines is 1. The second-order valence-electron chi connectivity index (χ2n) is 7.88. The second kappa shape index (κ2) is 7.30. The number of amides is 2. The van der Waals surface area contributed by atoms with Crippen LogP contribution in [-0.2, 0) is 4.79 Å². The van der Waals surface area contributed by atoms with E-state index < -0.39 is 5.41 Å². The summed E-state index contributed by atoms with van der Waals surface area (Å²) in [5.74, 6) is 1.29. The van der Waals surface area contributed by atoms with E-state index in [-0.39, 0.29) is 17.9 Å². The Balaban J connectivity index is 1.47. The van der Waals surface area contributed by atoms with Gasteiger partial charge in [-0.25, -0.2) is 15.0 Å². The Morgan fingerprint density at radius 2 is 2.07 bits per heavy atom. The lowest BCUT2D eigenvalue weighted by Gasteiger charge is -2.36. The van der Waals surface area contributed by atoms with Crippen LogP contribution in [0.1, 0.15) is 54.1 Å². The molecule has 1 aliphatic carbocycles. The highest BCUT2D eigenvalue weighted by Gasteiger charge is 2.50. The number of nitrogens with one attached hydrogen (secondary N) is 1. The quantitative estimate of drug-likeness (QED) is 0.886. The lowest BCUT2D eigenvalue weighted by atomic mass is 9.71. The highest BCUT2D eigenvalue weighted by atomic mass is 16.2. The maximum absolute atomic E-state index is 13.3. The molecule has 0 radical (unpaired) electrons. The van der Waals surface area contributed by atoms with Crippen molar-refractivity contribution >= 4 is 17.6 Å². The first-order valence-electron chi connectivity index (χ1n) is 9.83. The normalized spacial score (nSPS) is 24.6. The van der Waals surface area contributed by atoms with Gasteiger partial charge in [-0.1, -0.05) is 12.5 Å². The SMILES string of the molecule is Cc1cccc(C(=O)N[C@H]2CCC[C@]3(CCN(c4ccnc(C)n4)C3=O)C2)n1. The molecule has 3 heterocycles. The maximum atomic E-state index is 13.3. The summed E-state index contributed by atoms with van der Waals surface area (Å²) >= 11 is 0. The summed E-state index contributed by atoms with van der Waals surface area (Å²) in [6.45, 7) is 4.35. The van der Waals surface area contributed by atoms with Crippen LogP contribution in [0.15, 0.2) is 30.5 Å². The summed E-state index contributed by atoms with van der Waals surface area (Å²) in [6.07, 6.45) is 5.83. The van der Waals surface area contributed by atoms with Crippen molar-refractivity contribution in [1.29, 1.82) is 0 Å². The number of nitrogens with zero attached hydrogens (tertiary/aromatic N) is 4. The first kappa shape index (κ1) is 18.5. The molecule has 0 unspecified atom stereocenters. The molecular weight excluding hydrogens is 354 g/mol. The van der Waals surface area contributed by atoms with Crippen molar-refractivity contribution in [3.63, 3.8) is 0 Å². The van der Waals surface area contributed by atoms with Crippen molar-refractivity contribution in [3.8, 4) is 0 Å². The zero-order chi connectivity index (χ0) is 19.7. The van der Waals surface area contributed by atoms with Crippen LogP contribution in [-0.4, -0.2) is 39.4 Å². The van der Waals surface area contributed by atoms with Gasteiger partial charge >= 0.3 is 0 Å². The van der Waals surface area contributed by atoms with Gasteiger partial charge in [-0.3, -0.25) is 14.5 Å². The third-order valence-electron chi connectivity index (χ3n) is 5.85. The first-order chi connectivity index (χ1) is 13.5. The van der Waals surface area contributed by atoms with Crippen molar-refractivity contribution in [3.05, 3.63) is 47.7 Å².